The number of rotatable bonds is 4. The number of hydrogen-bond acceptors (Lipinski definition) is 7. The predicted octanol–water partition coefficient (Wildman–Crippen LogP) is -0.163. The zero-order valence-corrected chi connectivity index (χ0v) is 13.1. The van der Waals surface area contributed by atoms with E-state index in [4.69, 9.17) is 14.5 Å². The van der Waals surface area contributed by atoms with Crippen LogP contribution in [0.5, 0.6) is 0 Å². The van der Waals surface area contributed by atoms with Crippen molar-refractivity contribution < 1.29 is 28.7 Å². The number of aromatic nitrogens is 5. The van der Waals surface area contributed by atoms with Crippen molar-refractivity contribution in [1.29, 1.82) is 0 Å². The fourth-order valence-electron chi connectivity index (χ4n) is 2.76. The highest BCUT2D eigenvalue weighted by atomic mass is 31.2. The third-order valence-electron chi connectivity index (χ3n) is 3.87. The second kappa shape index (κ2) is 5.59. The van der Waals surface area contributed by atoms with Crippen LogP contribution in [0.1, 0.15) is 12.6 Å². The molecule has 3 aromatic heterocycles. The minimum atomic E-state index is -4.62. The average molecular weight is 355 g/mol. The summed E-state index contributed by atoms with van der Waals surface area (Å²) in [7, 11) is -4.62. The maximum atomic E-state index is 10.8. The fourth-order valence-corrected chi connectivity index (χ4v) is 3.10. The molecule has 1 aliphatic rings. The third kappa shape index (κ3) is 2.71. The number of aliphatic hydroxyl groups excluding tert-OH is 1. The smallest absolute Gasteiger partial charge is 0.390 e. The maximum Gasteiger partial charge on any atom is 0.469 e. The Labute approximate surface area is 134 Å². The molecule has 11 nitrogen and oxygen atoms in total. The van der Waals surface area contributed by atoms with Crippen LogP contribution in [0.2, 0.25) is 0 Å². The van der Waals surface area contributed by atoms with E-state index in [0.717, 1.165) is 0 Å². The maximum absolute atomic E-state index is 10.8. The minimum Gasteiger partial charge on any atom is -0.390 e. The van der Waals surface area contributed by atoms with E-state index in [-0.39, 0.29) is 6.42 Å². The Balaban J connectivity index is 1.60. The van der Waals surface area contributed by atoms with Gasteiger partial charge in [0.25, 0.3) is 0 Å². The molecule has 0 unspecified atom stereocenters. The Hall–Kier alpha value is -1.88. The summed E-state index contributed by atoms with van der Waals surface area (Å²) in [5, 5.41) is 10.0. The van der Waals surface area contributed by atoms with Crippen molar-refractivity contribution in [3.8, 4) is 0 Å². The van der Waals surface area contributed by atoms with Crippen molar-refractivity contribution in [2.75, 3.05) is 6.61 Å². The van der Waals surface area contributed by atoms with Crippen LogP contribution in [-0.2, 0) is 13.8 Å². The Morgan fingerprint density at radius 2 is 2.12 bits per heavy atom. The number of hydrogen-bond donors (Lipinski definition) is 3. The Morgan fingerprint density at radius 1 is 1.29 bits per heavy atom. The van der Waals surface area contributed by atoms with E-state index in [0.29, 0.717) is 16.8 Å². The van der Waals surface area contributed by atoms with Gasteiger partial charge in [-0.15, -0.1) is 0 Å². The molecule has 1 fully saturated rings. The molecule has 3 N–H and O–H groups in total. The van der Waals surface area contributed by atoms with Gasteiger partial charge in [-0.2, -0.15) is 0 Å². The molecule has 1 saturated heterocycles. The van der Waals surface area contributed by atoms with Gasteiger partial charge in [-0.3, -0.25) is 13.5 Å². The van der Waals surface area contributed by atoms with Crippen LogP contribution in [0.25, 0.3) is 16.8 Å². The van der Waals surface area contributed by atoms with Gasteiger partial charge in [-0.05, 0) is 0 Å². The summed E-state index contributed by atoms with van der Waals surface area (Å²) in [6.45, 7) is -0.410. The van der Waals surface area contributed by atoms with Crippen molar-refractivity contribution in [3.05, 3.63) is 25.0 Å². The van der Waals surface area contributed by atoms with Crippen LogP contribution in [0.15, 0.2) is 25.0 Å². The van der Waals surface area contributed by atoms with Gasteiger partial charge < -0.3 is 19.6 Å². The molecule has 3 atom stereocenters. The number of aliphatic hydroxyl groups is 1. The van der Waals surface area contributed by atoms with Crippen LogP contribution >= 0.6 is 7.82 Å². The molecule has 0 bridgehead atoms. The number of nitrogens with zero attached hydrogens (tertiary/aromatic N) is 5. The highest BCUT2D eigenvalue weighted by molar-refractivity contribution is 7.46. The lowest BCUT2D eigenvalue weighted by atomic mass is 10.2. The predicted molar refractivity (Wildman–Crippen MR) is 78.8 cm³/mol. The molecule has 0 saturated carbocycles. The lowest BCUT2D eigenvalue weighted by molar-refractivity contribution is -0.0424. The summed E-state index contributed by atoms with van der Waals surface area (Å²) in [6, 6.07) is 0. The van der Waals surface area contributed by atoms with E-state index >= 15 is 0 Å². The average Bonchev–Trinajstić information content (AvgIpc) is 3.20. The third-order valence-corrected chi connectivity index (χ3v) is 4.36. The monoisotopic (exact) mass is 355 g/mol. The highest BCUT2D eigenvalue weighted by Gasteiger charge is 2.37. The molecule has 1 aliphatic heterocycles. The van der Waals surface area contributed by atoms with Crippen molar-refractivity contribution in [2.24, 2.45) is 0 Å². The molecule has 0 amide bonds. The van der Waals surface area contributed by atoms with Crippen molar-refractivity contribution in [3.63, 3.8) is 0 Å². The summed E-state index contributed by atoms with van der Waals surface area (Å²) >= 11 is 0. The Bertz CT molecular complexity index is 934. The number of ether oxygens (including phenoxy) is 1. The van der Waals surface area contributed by atoms with Gasteiger partial charge in [0.1, 0.15) is 18.7 Å². The molecule has 24 heavy (non-hydrogen) atoms. The number of fused-ring (bicyclic) bond motifs is 3. The van der Waals surface area contributed by atoms with Crippen LogP contribution in [0, 0.1) is 0 Å². The lowest BCUT2D eigenvalue weighted by Crippen LogP contribution is -2.25. The van der Waals surface area contributed by atoms with E-state index in [2.05, 4.69) is 19.5 Å². The van der Waals surface area contributed by atoms with E-state index < -0.39 is 32.9 Å². The SMILES string of the molecule is O=P(O)(O)OC[C@H]1O[C@@H](n2cnc3c2ncn2ccnc32)C[C@H]1O. The zero-order chi connectivity index (χ0) is 16.9. The van der Waals surface area contributed by atoms with Crippen molar-refractivity contribution >= 4 is 24.6 Å². The van der Waals surface area contributed by atoms with E-state index in [9.17, 15) is 9.67 Å². The summed E-state index contributed by atoms with van der Waals surface area (Å²) in [4.78, 5) is 30.4. The summed E-state index contributed by atoms with van der Waals surface area (Å²) in [5.74, 6) is 0. The molecule has 0 aliphatic carbocycles. The van der Waals surface area contributed by atoms with E-state index in [1.54, 1.807) is 27.7 Å². The second-order valence-electron chi connectivity index (χ2n) is 5.45. The van der Waals surface area contributed by atoms with Gasteiger partial charge in [0.15, 0.2) is 16.8 Å². The molecule has 0 spiro atoms. The lowest BCUT2D eigenvalue weighted by Gasteiger charge is -2.16. The van der Waals surface area contributed by atoms with E-state index in [1.807, 2.05) is 0 Å². The second-order valence-corrected chi connectivity index (χ2v) is 6.68. The Kier molecular flexibility index (Phi) is 3.64. The molecule has 4 heterocycles. The summed E-state index contributed by atoms with van der Waals surface area (Å²) in [6.07, 6.45) is 4.41. The van der Waals surface area contributed by atoms with Gasteiger partial charge in [-0.25, -0.2) is 19.5 Å². The Morgan fingerprint density at radius 3 is 2.92 bits per heavy atom. The van der Waals surface area contributed by atoms with Crippen LogP contribution in [-0.4, -0.2) is 57.6 Å². The van der Waals surface area contributed by atoms with Gasteiger partial charge in [0.2, 0.25) is 0 Å². The number of phosphoric ester groups is 1. The zero-order valence-electron chi connectivity index (χ0n) is 12.2. The molecule has 12 heteroatoms. The van der Waals surface area contributed by atoms with Crippen LogP contribution < -0.4 is 0 Å². The molecule has 0 aromatic carbocycles. The van der Waals surface area contributed by atoms with Crippen molar-refractivity contribution in [2.45, 2.75) is 24.9 Å². The molecular formula is C12H14N5O6P. The van der Waals surface area contributed by atoms with Crippen molar-refractivity contribution in [1.82, 2.24) is 23.9 Å². The standard InChI is InChI=1S/C12H14N5O6P/c18-7-3-9(23-8(7)4-22-24(19,20)21)17-6-14-10-11-13-1-2-16(11)5-15-12(10)17/h1-2,5-9,18H,3-4H2,(H2,19,20,21)/t7-,8-,9-/m1/s1. The van der Waals surface area contributed by atoms with E-state index in [1.165, 1.54) is 6.33 Å². The van der Waals surface area contributed by atoms with Gasteiger partial charge in [0, 0.05) is 18.8 Å². The van der Waals surface area contributed by atoms with Gasteiger partial charge >= 0.3 is 7.82 Å². The molecule has 3 aromatic rings. The topological polar surface area (TPSA) is 144 Å². The summed E-state index contributed by atoms with van der Waals surface area (Å²) in [5.41, 5.74) is 1.79. The first-order chi connectivity index (χ1) is 11.4. The molecule has 128 valence electrons. The first-order valence-electron chi connectivity index (χ1n) is 7.10. The minimum absolute atomic E-state index is 0.224. The molecule has 4 rings (SSSR count). The molecular weight excluding hydrogens is 341 g/mol. The normalized spacial score (nSPS) is 25.0. The van der Waals surface area contributed by atoms with Crippen LogP contribution in [0.3, 0.4) is 0 Å². The van der Waals surface area contributed by atoms with Crippen LogP contribution in [0.4, 0.5) is 0 Å². The first kappa shape index (κ1) is 15.6. The number of imidazole rings is 2. The fraction of sp³-hybridized carbons (Fsp3) is 0.417. The molecule has 0 radical (unpaired) electrons. The number of phosphoric acid groups is 1. The largest absolute Gasteiger partial charge is 0.469 e. The first-order valence-corrected chi connectivity index (χ1v) is 8.63. The quantitative estimate of drug-likeness (QED) is 0.543. The van der Waals surface area contributed by atoms with Gasteiger partial charge in [-0.1, -0.05) is 0 Å². The summed E-state index contributed by atoms with van der Waals surface area (Å²) < 4.78 is 24.2. The highest BCUT2D eigenvalue weighted by Crippen LogP contribution is 2.38. The van der Waals surface area contributed by atoms with Gasteiger partial charge in [0.05, 0.1) is 19.0 Å².